The summed E-state index contributed by atoms with van der Waals surface area (Å²) in [6.07, 6.45) is 1.16. The van der Waals surface area contributed by atoms with Gasteiger partial charge in [0.25, 0.3) is 5.69 Å². The second-order valence-corrected chi connectivity index (χ2v) is 3.55. The molecule has 1 aromatic rings. The summed E-state index contributed by atoms with van der Waals surface area (Å²) in [5.41, 5.74) is 0.894. The van der Waals surface area contributed by atoms with E-state index in [-0.39, 0.29) is 5.69 Å². The van der Waals surface area contributed by atoms with E-state index in [2.05, 4.69) is 4.98 Å². The lowest BCUT2D eigenvalue weighted by molar-refractivity contribution is -0.385. The highest BCUT2D eigenvalue weighted by molar-refractivity contribution is 6.43. The van der Waals surface area contributed by atoms with Crippen LogP contribution >= 0.6 is 23.2 Å². The molecule has 4 nitrogen and oxygen atoms in total. The number of aryl methyl sites for hydroxylation is 1. The number of hydrogen-bond donors (Lipinski definition) is 0. The number of pyridine rings is 1. The van der Waals surface area contributed by atoms with Gasteiger partial charge >= 0.3 is 0 Å². The monoisotopic (exact) mass is 220 g/mol. The molecular weight excluding hydrogens is 215 g/mol. The summed E-state index contributed by atoms with van der Waals surface area (Å²) in [5.74, 6) is 0. The second-order valence-electron chi connectivity index (χ2n) is 2.45. The molecule has 0 spiro atoms. The summed E-state index contributed by atoms with van der Waals surface area (Å²) >= 11 is 11.1. The first kappa shape index (κ1) is 10.2. The molecule has 6 heteroatoms. The Morgan fingerprint density at radius 3 is 2.62 bits per heavy atom. The highest BCUT2D eigenvalue weighted by Crippen LogP contribution is 2.26. The molecule has 0 amide bonds. The maximum absolute atomic E-state index is 10.4. The van der Waals surface area contributed by atoms with Crippen molar-refractivity contribution in [1.29, 1.82) is 0 Å². The van der Waals surface area contributed by atoms with E-state index < -0.39 is 9.76 Å². The van der Waals surface area contributed by atoms with Gasteiger partial charge in [-0.25, -0.2) is 0 Å². The van der Waals surface area contributed by atoms with Crippen molar-refractivity contribution in [3.05, 3.63) is 33.6 Å². The first-order valence-corrected chi connectivity index (χ1v) is 4.28. The van der Waals surface area contributed by atoms with Gasteiger partial charge in [0.05, 0.1) is 10.6 Å². The Labute approximate surface area is 84.6 Å². The lowest BCUT2D eigenvalue weighted by Gasteiger charge is -2.01. The van der Waals surface area contributed by atoms with Gasteiger partial charge in [-0.05, 0) is 13.0 Å². The summed E-state index contributed by atoms with van der Waals surface area (Å²) in [7, 11) is 0. The van der Waals surface area contributed by atoms with Gasteiger partial charge in [-0.1, -0.05) is 23.2 Å². The van der Waals surface area contributed by atoms with Gasteiger partial charge in [-0.2, -0.15) is 0 Å². The van der Waals surface area contributed by atoms with E-state index in [9.17, 15) is 10.1 Å². The second kappa shape index (κ2) is 3.89. The van der Waals surface area contributed by atoms with Crippen LogP contribution in [-0.2, 0) is 0 Å². The zero-order valence-electron chi connectivity index (χ0n) is 6.70. The highest BCUT2D eigenvalue weighted by Gasteiger charge is 2.13. The topological polar surface area (TPSA) is 56.0 Å². The molecule has 0 aromatic carbocycles. The molecule has 0 atom stereocenters. The van der Waals surface area contributed by atoms with Crippen LogP contribution in [0, 0.1) is 17.0 Å². The molecule has 0 fully saturated rings. The van der Waals surface area contributed by atoms with Crippen LogP contribution in [0.15, 0.2) is 12.3 Å². The average Bonchev–Trinajstić information content (AvgIpc) is 2.03. The third-order valence-electron chi connectivity index (χ3n) is 1.52. The van der Waals surface area contributed by atoms with Crippen LogP contribution in [0.3, 0.4) is 0 Å². The quantitative estimate of drug-likeness (QED) is 0.438. The third kappa shape index (κ3) is 2.29. The van der Waals surface area contributed by atoms with Gasteiger partial charge in [-0.15, -0.1) is 0 Å². The van der Waals surface area contributed by atoms with Crippen LogP contribution in [-0.4, -0.2) is 9.91 Å². The standard InChI is InChI=1S/C7H6Cl2N2O2/c1-4-2-5(7(8)9)10-3-6(4)11(12)13/h2-3,7H,1H3. The van der Waals surface area contributed by atoms with Crippen molar-refractivity contribution in [2.75, 3.05) is 0 Å². The Morgan fingerprint density at radius 2 is 2.23 bits per heavy atom. The molecule has 1 rings (SSSR count). The van der Waals surface area contributed by atoms with Gasteiger partial charge in [0.2, 0.25) is 0 Å². The average molecular weight is 221 g/mol. The maximum atomic E-state index is 10.4. The molecule has 0 saturated carbocycles. The largest absolute Gasteiger partial charge is 0.290 e. The van der Waals surface area contributed by atoms with Gasteiger partial charge < -0.3 is 0 Å². The van der Waals surface area contributed by atoms with E-state index in [1.165, 1.54) is 6.07 Å². The summed E-state index contributed by atoms with van der Waals surface area (Å²) < 4.78 is 0. The van der Waals surface area contributed by atoms with Crippen molar-refractivity contribution >= 4 is 28.9 Å². The Hall–Kier alpha value is -0.870. The van der Waals surface area contributed by atoms with Gasteiger partial charge in [-0.3, -0.25) is 15.1 Å². The predicted molar refractivity (Wildman–Crippen MR) is 50.1 cm³/mol. The zero-order valence-corrected chi connectivity index (χ0v) is 8.21. The summed E-state index contributed by atoms with van der Waals surface area (Å²) in [5, 5.41) is 10.4. The molecule has 0 aliphatic rings. The van der Waals surface area contributed by atoms with Crippen molar-refractivity contribution in [3.63, 3.8) is 0 Å². The zero-order chi connectivity index (χ0) is 10.0. The number of alkyl halides is 2. The molecule has 1 heterocycles. The Balaban J connectivity index is 3.13. The maximum Gasteiger partial charge on any atom is 0.290 e. The predicted octanol–water partition coefficient (Wildman–Crippen LogP) is 2.77. The molecule has 0 bridgehead atoms. The minimum atomic E-state index is -0.750. The van der Waals surface area contributed by atoms with Crippen molar-refractivity contribution in [2.24, 2.45) is 0 Å². The van der Waals surface area contributed by atoms with E-state index in [0.717, 1.165) is 6.20 Å². The molecule has 0 N–H and O–H groups in total. The Morgan fingerprint density at radius 1 is 1.62 bits per heavy atom. The first-order valence-electron chi connectivity index (χ1n) is 3.41. The number of halogens is 2. The van der Waals surface area contributed by atoms with E-state index in [1.807, 2.05) is 0 Å². The Bertz CT molecular complexity index is 341. The number of rotatable bonds is 2. The molecule has 0 saturated heterocycles. The van der Waals surface area contributed by atoms with Crippen molar-refractivity contribution in [1.82, 2.24) is 4.98 Å². The van der Waals surface area contributed by atoms with E-state index >= 15 is 0 Å². The van der Waals surface area contributed by atoms with Crippen molar-refractivity contribution < 1.29 is 4.92 Å². The smallest absolute Gasteiger partial charge is 0.258 e. The van der Waals surface area contributed by atoms with Gasteiger partial charge in [0.1, 0.15) is 11.0 Å². The van der Waals surface area contributed by atoms with E-state index in [1.54, 1.807) is 6.92 Å². The molecular formula is C7H6Cl2N2O2. The van der Waals surface area contributed by atoms with Crippen LogP contribution in [0.1, 0.15) is 16.1 Å². The number of aromatic nitrogens is 1. The van der Waals surface area contributed by atoms with Crippen molar-refractivity contribution in [3.8, 4) is 0 Å². The Kier molecular flexibility index (Phi) is 3.06. The summed E-state index contributed by atoms with van der Waals surface area (Å²) in [6.45, 7) is 1.61. The first-order chi connectivity index (χ1) is 6.02. The van der Waals surface area contributed by atoms with Crippen LogP contribution in [0.5, 0.6) is 0 Å². The lowest BCUT2D eigenvalue weighted by atomic mass is 10.2. The van der Waals surface area contributed by atoms with Crippen LogP contribution in [0.4, 0.5) is 5.69 Å². The van der Waals surface area contributed by atoms with E-state index in [0.29, 0.717) is 11.3 Å². The SMILES string of the molecule is Cc1cc(C(Cl)Cl)ncc1[N+](=O)[O-]. The van der Waals surface area contributed by atoms with Crippen LogP contribution < -0.4 is 0 Å². The van der Waals surface area contributed by atoms with Gasteiger partial charge in [0.15, 0.2) is 0 Å². The third-order valence-corrected chi connectivity index (χ3v) is 1.97. The number of hydrogen-bond acceptors (Lipinski definition) is 3. The molecule has 0 radical (unpaired) electrons. The highest BCUT2D eigenvalue weighted by atomic mass is 35.5. The normalized spacial score (nSPS) is 10.5. The van der Waals surface area contributed by atoms with Crippen LogP contribution in [0.25, 0.3) is 0 Å². The fraction of sp³-hybridized carbons (Fsp3) is 0.286. The molecule has 70 valence electrons. The molecule has 1 aromatic heterocycles. The summed E-state index contributed by atoms with van der Waals surface area (Å²) in [6, 6.07) is 1.50. The van der Waals surface area contributed by atoms with Gasteiger partial charge in [0, 0.05) is 5.56 Å². The fourth-order valence-corrected chi connectivity index (χ4v) is 1.12. The molecule has 0 aliphatic heterocycles. The molecule has 13 heavy (non-hydrogen) atoms. The fourth-order valence-electron chi connectivity index (χ4n) is 0.881. The minimum absolute atomic E-state index is 0.0299. The van der Waals surface area contributed by atoms with Crippen molar-refractivity contribution in [2.45, 2.75) is 11.8 Å². The van der Waals surface area contributed by atoms with E-state index in [4.69, 9.17) is 23.2 Å². The minimum Gasteiger partial charge on any atom is -0.258 e. The molecule has 0 aliphatic carbocycles. The number of nitrogens with zero attached hydrogens (tertiary/aromatic N) is 2. The molecule has 0 unspecified atom stereocenters. The van der Waals surface area contributed by atoms with Crippen LogP contribution in [0.2, 0.25) is 0 Å². The number of nitro groups is 1. The lowest BCUT2D eigenvalue weighted by Crippen LogP contribution is -1.96. The summed E-state index contributed by atoms with van der Waals surface area (Å²) in [4.78, 5) is 12.9.